The molecule has 2 radical (unpaired) electrons. The summed E-state index contributed by atoms with van der Waals surface area (Å²) in [5.41, 5.74) is 4.20. The fourth-order valence-corrected chi connectivity index (χ4v) is 2.33. The summed E-state index contributed by atoms with van der Waals surface area (Å²) in [5, 5.41) is 18.2. The van der Waals surface area contributed by atoms with Crippen molar-refractivity contribution in [3.8, 4) is 23.0 Å². The second kappa shape index (κ2) is 7.80. The van der Waals surface area contributed by atoms with Crippen molar-refractivity contribution in [2.24, 2.45) is 0 Å². The molecule has 2 nitrogen and oxygen atoms in total. The Morgan fingerprint density at radius 3 is 2.00 bits per heavy atom. The Morgan fingerprint density at radius 2 is 1.52 bits per heavy atom. The highest BCUT2D eigenvalue weighted by Gasteiger charge is 2.00. The lowest BCUT2D eigenvalue weighted by molar-refractivity contribution is 0.282. The third-order valence-electron chi connectivity index (χ3n) is 3.28. The van der Waals surface area contributed by atoms with Crippen LogP contribution in [0, 0.1) is 11.8 Å². The molecule has 2 aromatic carbocycles. The van der Waals surface area contributed by atoms with E-state index in [0.717, 1.165) is 22.3 Å². The maximum Gasteiger partial charge on any atom is 0.0681 e. The van der Waals surface area contributed by atoms with E-state index in [1.807, 2.05) is 48.5 Å². The van der Waals surface area contributed by atoms with Crippen molar-refractivity contribution in [2.75, 3.05) is 6.61 Å². The molecular formula is C18H18O2Si. The molecule has 0 aliphatic carbocycles. The van der Waals surface area contributed by atoms with Gasteiger partial charge in [-0.05, 0) is 28.8 Å². The summed E-state index contributed by atoms with van der Waals surface area (Å²) in [5.74, 6) is 6.20. The molecule has 106 valence electrons. The van der Waals surface area contributed by atoms with Crippen LogP contribution in [0.2, 0.25) is 12.1 Å². The predicted octanol–water partition coefficient (Wildman–Crippen LogP) is 2.73. The second-order valence-corrected chi connectivity index (χ2v) is 6.00. The largest absolute Gasteiger partial charge is 0.395 e. The average Bonchev–Trinajstić information content (AvgIpc) is 2.56. The summed E-state index contributed by atoms with van der Waals surface area (Å²) in [6.07, 6.45) is 0. The number of aliphatic hydroxyl groups excluding tert-OH is 2. The lowest BCUT2D eigenvalue weighted by Crippen LogP contribution is -2.01. The van der Waals surface area contributed by atoms with E-state index in [4.69, 9.17) is 10.2 Å². The van der Waals surface area contributed by atoms with Crippen LogP contribution < -0.4 is 0 Å². The van der Waals surface area contributed by atoms with Gasteiger partial charge in [0.05, 0.1) is 22.7 Å². The van der Waals surface area contributed by atoms with Crippen LogP contribution in [0.4, 0.5) is 0 Å². The molecule has 0 unspecified atom stereocenters. The zero-order chi connectivity index (χ0) is 15.1. The number of hydrogen-bond acceptors (Lipinski definition) is 2. The zero-order valence-corrected chi connectivity index (χ0v) is 13.0. The fraction of sp³-hybridized carbons (Fsp3) is 0.222. The van der Waals surface area contributed by atoms with E-state index < -0.39 is 0 Å². The lowest BCUT2D eigenvalue weighted by atomic mass is 10.0. The molecular weight excluding hydrogens is 276 g/mol. The maximum atomic E-state index is 9.13. The quantitative estimate of drug-likeness (QED) is 0.672. The van der Waals surface area contributed by atoms with Gasteiger partial charge in [-0.2, -0.15) is 0 Å². The van der Waals surface area contributed by atoms with Gasteiger partial charge in [-0.1, -0.05) is 54.8 Å². The Kier molecular flexibility index (Phi) is 5.76. The molecule has 2 aromatic rings. The number of benzene rings is 2. The summed E-state index contributed by atoms with van der Waals surface area (Å²) in [4.78, 5) is 0. The molecule has 0 amide bonds. The minimum Gasteiger partial charge on any atom is -0.395 e. The molecule has 0 bridgehead atoms. The molecule has 0 aliphatic rings. The molecule has 2 rings (SSSR count). The van der Waals surface area contributed by atoms with Gasteiger partial charge in [0.2, 0.25) is 0 Å². The minimum atomic E-state index is 0.0684. The zero-order valence-electron chi connectivity index (χ0n) is 12.0. The number of hydrogen-bond donors (Lipinski definition) is 2. The van der Waals surface area contributed by atoms with Gasteiger partial charge in [0.15, 0.2) is 0 Å². The standard InChI is InChI=1S/C18H18O2Si/c1-21-18(13-20)11-6-14-2-7-16(8-3-14)17-9-4-15(12-19)5-10-17/h2-5,7-10,18-20H,12-13H2,1H3/t18-/m0/s1. The molecule has 21 heavy (non-hydrogen) atoms. The lowest BCUT2D eigenvalue weighted by Gasteiger charge is -2.03. The van der Waals surface area contributed by atoms with Gasteiger partial charge >= 0.3 is 0 Å². The van der Waals surface area contributed by atoms with E-state index in [2.05, 4.69) is 18.4 Å². The third-order valence-corrected chi connectivity index (χ3v) is 4.30. The normalized spacial score (nSPS) is 11.6. The molecule has 0 saturated heterocycles. The predicted molar refractivity (Wildman–Crippen MR) is 87.1 cm³/mol. The van der Waals surface area contributed by atoms with Gasteiger partial charge in [0, 0.05) is 11.1 Å². The van der Waals surface area contributed by atoms with E-state index in [0.29, 0.717) is 9.52 Å². The number of aliphatic hydroxyl groups is 2. The van der Waals surface area contributed by atoms with Crippen LogP contribution in [0.15, 0.2) is 48.5 Å². The van der Waals surface area contributed by atoms with E-state index in [1.165, 1.54) is 0 Å². The Labute approximate surface area is 128 Å². The maximum absolute atomic E-state index is 9.13. The first kappa shape index (κ1) is 15.5. The summed E-state index contributed by atoms with van der Waals surface area (Å²) >= 11 is 0. The van der Waals surface area contributed by atoms with Crippen molar-refractivity contribution in [2.45, 2.75) is 18.7 Å². The first-order valence-electron chi connectivity index (χ1n) is 6.86. The molecule has 0 aromatic heterocycles. The summed E-state index contributed by atoms with van der Waals surface area (Å²) < 4.78 is 0. The third kappa shape index (κ3) is 4.30. The van der Waals surface area contributed by atoms with Crippen LogP contribution in [0.5, 0.6) is 0 Å². The monoisotopic (exact) mass is 294 g/mol. The average molecular weight is 294 g/mol. The Bertz CT molecular complexity index is 617. The van der Waals surface area contributed by atoms with Gasteiger partial charge in [-0.25, -0.2) is 0 Å². The van der Waals surface area contributed by atoms with Crippen LogP contribution in [0.1, 0.15) is 11.1 Å². The van der Waals surface area contributed by atoms with E-state index >= 15 is 0 Å². The Morgan fingerprint density at radius 1 is 0.952 bits per heavy atom. The van der Waals surface area contributed by atoms with E-state index in [9.17, 15) is 0 Å². The summed E-state index contributed by atoms with van der Waals surface area (Å²) in [6.45, 7) is 2.24. The highest BCUT2D eigenvalue weighted by molar-refractivity contribution is 6.37. The molecule has 1 atom stereocenters. The molecule has 0 heterocycles. The van der Waals surface area contributed by atoms with Gasteiger partial charge in [-0.15, -0.1) is 0 Å². The Balaban J connectivity index is 2.14. The van der Waals surface area contributed by atoms with E-state index in [1.54, 1.807) is 0 Å². The van der Waals surface area contributed by atoms with Gasteiger partial charge in [0.25, 0.3) is 0 Å². The smallest absolute Gasteiger partial charge is 0.0681 e. The van der Waals surface area contributed by atoms with Crippen molar-refractivity contribution in [3.05, 3.63) is 59.7 Å². The van der Waals surface area contributed by atoms with Crippen molar-refractivity contribution >= 4 is 9.52 Å². The van der Waals surface area contributed by atoms with Crippen LogP contribution in [0.3, 0.4) is 0 Å². The van der Waals surface area contributed by atoms with Gasteiger partial charge in [-0.3, -0.25) is 0 Å². The minimum absolute atomic E-state index is 0.0684. The highest BCUT2D eigenvalue weighted by atomic mass is 28.2. The van der Waals surface area contributed by atoms with Crippen molar-refractivity contribution < 1.29 is 10.2 Å². The van der Waals surface area contributed by atoms with Crippen molar-refractivity contribution in [1.29, 1.82) is 0 Å². The van der Waals surface area contributed by atoms with Crippen molar-refractivity contribution in [3.63, 3.8) is 0 Å². The van der Waals surface area contributed by atoms with Crippen LogP contribution in [-0.4, -0.2) is 26.3 Å². The molecule has 2 N–H and O–H groups in total. The second-order valence-electron chi connectivity index (χ2n) is 4.73. The van der Waals surface area contributed by atoms with Crippen LogP contribution in [0.25, 0.3) is 11.1 Å². The summed E-state index contributed by atoms with van der Waals surface area (Å²) in [7, 11) is 0.630. The van der Waals surface area contributed by atoms with Crippen LogP contribution >= 0.6 is 0 Å². The van der Waals surface area contributed by atoms with Gasteiger partial charge < -0.3 is 10.2 Å². The highest BCUT2D eigenvalue weighted by Crippen LogP contribution is 2.20. The van der Waals surface area contributed by atoms with E-state index in [-0.39, 0.29) is 18.8 Å². The fourth-order valence-electron chi connectivity index (χ4n) is 1.93. The van der Waals surface area contributed by atoms with Crippen LogP contribution in [-0.2, 0) is 6.61 Å². The molecule has 0 fully saturated rings. The molecule has 0 aliphatic heterocycles. The van der Waals surface area contributed by atoms with Gasteiger partial charge in [0.1, 0.15) is 0 Å². The topological polar surface area (TPSA) is 40.5 Å². The Hall–Kier alpha value is -1.86. The van der Waals surface area contributed by atoms with Crippen molar-refractivity contribution in [1.82, 2.24) is 0 Å². The molecule has 0 saturated carbocycles. The SMILES string of the molecule is C[Si][C@@H](C#Cc1ccc(-c2ccc(CO)cc2)cc1)CO. The first-order valence-corrected chi connectivity index (χ1v) is 8.44. The first-order chi connectivity index (χ1) is 10.3. The number of rotatable bonds is 4. The summed E-state index contributed by atoms with van der Waals surface area (Å²) in [6, 6.07) is 15.9. The molecule has 0 spiro atoms. The molecule has 3 heteroatoms.